The fraction of sp³-hybridized carbons (Fsp3) is 0.188. The summed E-state index contributed by atoms with van der Waals surface area (Å²) in [6.07, 6.45) is 0. The number of amides is 3. The maximum Gasteiger partial charge on any atom is 0.265 e. The van der Waals surface area contributed by atoms with Gasteiger partial charge in [-0.1, -0.05) is 18.2 Å². The zero-order valence-electron chi connectivity index (χ0n) is 12.6. The second-order valence-electron chi connectivity index (χ2n) is 4.72. The van der Waals surface area contributed by atoms with Crippen molar-refractivity contribution in [1.29, 1.82) is 0 Å². The second kappa shape index (κ2) is 8.09. The molecule has 6 nitrogen and oxygen atoms in total. The number of hydrogen-bond donors (Lipinski definition) is 3. The Balaban J connectivity index is 2.00. The van der Waals surface area contributed by atoms with Gasteiger partial charge in [-0.3, -0.25) is 14.4 Å². The SMILES string of the molecule is CC(=O)NCCNC(=O)c1ccccc1NC(=O)c1cccs1. The summed E-state index contributed by atoms with van der Waals surface area (Å²) in [7, 11) is 0. The van der Waals surface area contributed by atoms with Crippen LogP contribution < -0.4 is 16.0 Å². The van der Waals surface area contributed by atoms with E-state index < -0.39 is 0 Å². The molecule has 0 saturated heterocycles. The van der Waals surface area contributed by atoms with Crippen molar-refractivity contribution in [2.75, 3.05) is 18.4 Å². The predicted octanol–water partition coefficient (Wildman–Crippen LogP) is 1.87. The van der Waals surface area contributed by atoms with Crippen LogP contribution in [0.4, 0.5) is 5.69 Å². The molecule has 0 atom stereocenters. The van der Waals surface area contributed by atoms with E-state index in [9.17, 15) is 14.4 Å². The van der Waals surface area contributed by atoms with E-state index in [1.807, 2.05) is 5.38 Å². The number of hydrogen-bond acceptors (Lipinski definition) is 4. The summed E-state index contributed by atoms with van der Waals surface area (Å²) in [6, 6.07) is 10.3. The average Bonchev–Trinajstić information content (AvgIpc) is 3.06. The van der Waals surface area contributed by atoms with Crippen molar-refractivity contribution in [2.24, 2.45) is 0 Å². The van der Waals surface area contributed by atoms with Gasteiger partial charge < -0.3 is 16.0 Å². The van der Waals surface area contributed by atoms with E-state index in [1.165, 1.54) is 18.3 Å². The summed E-state index contributed by atoms with van der Waals surface area (Å²) in [5.41, 5.74) is 0.822. The maximum absolute atomic E-state index is 12.2. The van der Waals surface area contributed by atoms with E-state index in [0.29, 0.717) is 29.2 Å². The molecule has 0 radical (unpaired) electrons. The highest BCUT2D eigenvalue weighted by atomic mass is 32.1. The van der Waals surface area contributed by atoms with Crippen LogP contribution >= 0.6 is 11.3 Å². The molecule has 0 spiro atoms. The van der Waals surface area contributed by atoms with Gasteiger partial charge in [-0.2, -0.15) is 0 Å². The summed E-state index contributed by atoms with van der Waals surface area (Å²) in [5.74, 6) is -0.709. The van der Waals surface area contributed by atoms with E-state index in [0.717, 1.165) is 0 Å². The minimum absolute atomic E-state index is 0.150. The zero-order valence-corrected chi connectivity index (χ0v) is 13.4. The van der Waals surface area contributed by atoms with E-state index >= 15 is 0 Å². The van der Waals surface area contributed by atoms with Crippen LogP contribution in [-0.2, 0) is 4.79 Å². The van der Waals surface area contributed by atoms with Crippen LogP contribution in [0.2, 0.25) is 0 Å². The molecule has 2 aromatic rings. The topological polar surface area (TPSA) is 87.3 Å². The lowest BCUT2D eigenvalue weighted by atomic mass is 10.1. The lowest BCUT2D eigenvalue weighted by Crippen LogP contribution is -2.34. The Bertz CT molecular complexity index is 698. The molecule has 0 aliphatic heterocycles. The number of benzene rings is 1. The molecule has 23 heavy (non-hydrogen) atoms. The van der Waals surface area contributed by atoms with E-state index in [4.69, 9.17) is 0 Å². The van der Waals surface area contributed by atoms with Gasteiger partial charge in [0.2, 0.25) is 5.91 Å². The van der Waals surface area contributed by atoms with E-state index in [1.54, 1.807) is 36.4 Å². The molecule has 0 aliphatic carbocycles. The van der Waals surface area contributed by atoms with Crippen LogP contribution in [0.3, 0.4) is 0 Å². The third-order valence-corrected chi connectivity index (χ3v) is 3.82. The van der Waals surface area contributed by atoms with Gasteiger partial charge in [0, 0.05) is 20.0 Å². The summed E-state index contributed by atoms with van der Waals surface area (Å²) < 4.78 is 0. The molecule has 0 unspecified atom stereocenters. The number of carbonyl (C=O) groups excluding carboxylic acids is 3. The smallest absolute Gasteiger partial charge is 0.265 e. The lowest BCUT2D eigenvalue weighted by Gasteiger charge is -2.11. The fourth-order valence-electron chi connectivity index (χ4n) is 1.89. The van der Waals surface area contributed by atoms with E-state index in [-0.39, 0.29) is 17.7 Å². The van der Waals surface area contributed by atoms with Gasteiger partial charge in [-0.05, 0) is 23.6 Å². The summed E-state index contributed by atoms with van der Waals surface area (Å²) in [6.45, 7) is 2.08. The van der Waals surface area contributed by atoms with Gasteiger partial charge >= 0.3 is 0 Å². The van der Waals surface area contributed by atoms with Gasteiger partial charge in [0.1, 0.15) is 0 Å². The molecule has 0 bridgehead atoms. The van der Waals surface area contributed by atoms with Gasteiger partial charge in [0.05, 0.1) is 16.1 Å². The van der Waals surface area contributed by atoms with Crippen molar-refractivity contribution in [3.63, 3.8) is 0 Å². The fourth-order valence-corrected chi connectivity index (χ4v) is 2.51. The second-order valence-corrected chi connectivity index (χ2v) is 5.66. The molecule has 2 rings (SSSR count). The minimum atomic E-state index is -0.308. The Morgan fingerprint density at radius 1 is 0.957 bits per heavy atom. The van der Waals surface area contributed by atoms with Crippen LogP contribution in [-0.4, -0.2) is 30.8 Å². The number of anilines is 1. The molecule has 1 heterocycles. The molecule has 3 amide bonds. The summed E-state index contributed by atoms with van der Waals surface area (Å²) in [5, 5.41) is 9.85. The first kappa shape index (κ1) is 16.7. The largest absolute Gasteiger partial charge is 0.355 e. The molecule has 120 valence electrons. The number of carbonyl (C=O) groups is 3. The highest BCUT2D eigenvalue weighted by Crippen LogP contribution is 2.17. The Morgan fingerprint density at radius 3 is 2.39 bits per heavy atom. The third kappa shape index (κ3) is 4.93. The summed E-state index contributed by atoms with van der Waals surface area (Å²) in [4.78, 5) is 35.7. The van der Waals surface area contributed by atoms with Gasteiger partial charge in [-0.25, -0.2) is 0 Å². The normalized spacial score (nSPS) is 9.96. The Labute approximate surface area is 137 Å². The van der Waals surface area contributed by atoms with Crippen molar-refractivity contribution in [3.05, 3.63) is 52.2 Å². The monoisotopic (exact) mass is 331 g/mol. The molecule has 0 fully saturated rings. The Morgan fingerprint density at radius 2 is 1.70 bits per heavy atom. The maximum atomic E-state index is 12.2. The van der Waals surface area contributed by atoms with Gasteiger partial charge in [0.15, 0.2) is 0 Å². The number of thiophene rings is 1. The molecule has 7 heteroatoms. The van der Waals surface area contributed by atoms with Gasteiger partial charge in [0.25, 0.3) is 11.8 Å². The third-order valence-electron chi connectivity index (χ3n) is 2.95. The first-order valence-electron chi connectivity index (χ1n) is 7.04. The Hall–Kier alpha value is -2.67. The van der Waals surface area contributed by atoms with Crippen LogP contribution in [0.5, 0.6) is 0 Å². The molecule has 1 aromatic carbocycles. The molecule has 3 N–H and O–H groups in total. The number of para-hydroxylation sites is 1. The summed E-state index contributed by atoms with van der Waals surface area (Å²) >= 11 is 1.33. The number of rotatable bonds is 6. The van der Waals surface area contributed by atoms with E-state index in [2.05, 4.69) is 16.0 Å². The molecular weight excluding hydrogens is 314 g/mol. The van der Waals surface area contributed by atoms with Crippen LogP contribution in [0.15, 0.2) is 41.8 Å². The van der Waals surface area contributed by atoms with Crippen molar-refractivity contribution < 1.29 is 14.4 Å². The van der Waals surface area contributed by atoms with Crippen LogP contribution in [0.25, 0.3) is 0 Å². The minimum Gasteiger partial charge on any atom is -0.355 e. The Kier molecular flexibility index (Phi) is 5.87. The standard InChI is InChI=1S/C16H17N3O3S/c1-11(20)17-8-9-18-15(21)12-5-2-3-6-13(12)19-16(22)14-7-4-10-23-14/h2-7,10H,8-9H2,1H3,(H,17,20)(H,18,21)(H,19,22). The molecule has 0 aliphatic rings. The first-order chi connectivity index (χ1) is 11.1. The quantitative estimate of drug-likeness (QED) is 0.706. The highest BCUT2D eigenvalue weighted by molar-refractivity contribution is 7.12. The molecule has 1 aromatic heterocycles. The van der Waals surface area contributed by atoms with Crippen molar-refractivity contribution in [2.45, 2.75) is 6.92 Å². The average molecular weight is 331 g/mol. The van der Waals surface area contributed by atoms with Gasteiger partial charge in [-0.15, -0.1) is 11.3 Å². The van der Waals surface area contributed by atoms with Crippen molar-refractivity contribution in [1.82, 2.24) is 10.6 Å². The van der Waals surface area contributed by atoms with Crippen molar-refractivity contribution in [3.8, 4) is 0 Å². The predicted molar refractivity (Wildman–Crippen MR) is 89.7 cm³/mol. The molecular formula is C16H17N3O3S. The first-order valence-corrected chi connectivity index (χ1v) is 7.92. The number of nitrogens with one attached hydrogen (secondary N) is 3. The lowest BCUT2D eigenvalue weighted by molar-refractivity contribution is -0.118. The highest BCUT2D eigenvalue weighted by Gasteiger charge is 2.14. The van der Waals surface area contributed by atoms with Crippen LogP contribution in [0.1, 0.15) is 27.0 Å². The van der Waals surface area contributed by atoms with Crippen LogP contribution in [0, 0.1) is 0 Å². The zero-order chi connectivity index (χ0) is 16.7. The van der Waals surface area contributed by atoms with Crippen molar-refractivity contribution >= 4 is 34.7 Å². The molecule has 0 saturated carbocycles.